The maximum atomic E-state index is 12.0. The van der Waals surface area contributed by atoms with Gasteiger partial charge in [0.15, 0.2) is 0 Å². The predicted octanol–water partition coefficient (Wildman–Crippen LogP) is 1.52. The van der Waals surface area contributed by atoms with Gasteiger partial charge in [-0.2, -0.15) is 0 Å². The zero-order valence-corrected chi connectivity index (χ0v) is 10.7. The number of rotatable bonds is 6. The van der Waals surface area contributed by atoms with E-state index in [1.54, 1.807) is 0 Å². The molecule has 0 fully saturated rings. The number of hydrogen-bond donors (Lipinski definition) is 1. The molecule has 0 aliphatic rings. The summed E-state index contributed by atoms with van der Waals surface area (Å²) < 4.78 is 13.9. The molecule has 16 heavy (non-hydrogen) atoms. The molecule has 0 heterocycles. The van der Waals surface area contributed by atoms with Crippen LogP contribution in [0.3, 0.4) is 0 Å². The lowest BCUT2D eigenvalue weighted by Crippen LogP contribution is -2.34. The molecule has 1 aromatic carbocycles. The van der Waals surface area contributed by atoms with Crippen molar-refractivity contribution in [1.82, 2.24) is 4.31 Å². The van der Waals surface area contributed by atoms with Crippen molar-refractivity contribution in [2.24, 2.45) is 5.73 Å². The number of benzene rings is 1. The third-order valence-electron chi connectivity index (χ3n) is 2.24. The van der Waals surface area contributed by atoms with Crippen LogP contribution in [-0.2, 0) is 17.5 Å². The van der Waals surface area contributed by atoms with Gasteiger partial charge in [-0.05, 0) is 19.4 Å². The van der Waals surface area contributed by atoms with E-state index < -0.39 is 11.0 Å². The van der Waals surface area contributed by atoms with Crippen molar-refractivity contribution in [3.8, 4) is 0 Å². The molecular formula is C12H20N2OS. The topological polar surface area (TPSA) is 46.3 Å². The summed E-state index contributed by atoms with van der Waals surface area (Å²) in [4.78, 5) is 0. The van der Waals surface area contributed by atoms with Crippen LogP contribution in [0.5, 0.6) is 0 Å². The Balaban J connectivity index is 2.68. The number of nitrogens with zero attached hydrogens (tertiary/aromatic N) is 1. The summed E-state index contributed by atoms with van der Waals surface area (Å²) >= 11 is 0. The Morgan fingerprint density at radius 1 is 1.31 bits per heavy atom. The van der Waals surface area contributed by atoms with Crippen LogP contribution in [0, 0.1) is 0 Å². The highest BCUT2D eigenvalue weighted by molar-refractivity contribution is 7.83. The largest absolute Gasteiger partial charge is 0.329 e. The summed E-state index contributed by atoms with van der Waals surface area (Å²) in [5, 5.41) is 0.135. The Morgan fingerprint density at radius 2 is 1.94 bits per heavy atom. The van der Waals surface area contributed by atoms with Crippen molar-refractivity contribution in [3.05, 3.63) is 35.9 Å². The molecular weight excluding hydrogens is 220 g/mol. The second-order valence-corrected chi connectivity index (χ2v) is 5.97. The summed E-state index contributed by atoms with van der Waals surface area (Å²) in [5.74, 6) is 0. The summed E-state index contributed by atoms with van der Waals surface area (Å²) in [7, 11) is -0.957. The van der Waals surface area contributed by atoms with E-state index in [4.69, 9.17) is 5.73 Å². The average Bonchev–Trinajstić information content (AvgIpc) is 2.29. The van der Waals surface area contributed by atoms with Crippen LogP contribution in [0.25, 0.3) is 0 Å². The van der Waals surface area contributed by atoms with Crippen molar-refractivity contribution in [2.45, 2.75) is 25.6 Å². The standard InChI is InChI=1S/C12H20N2OS/c1-11(2)16(15)14(9-8-13)10-12-6-4-3-5-7-12/h3-7,11H,8-10,13H2,1-2H3. The van der Waals surface area contributed by atoms with E-state index in [9.17, 15) is 4.21 Å². The first-order chi connectivity index (χ1) is 7.65. The molecule has 1 unspecified atom stereocenters. The summed E-state index contributed by atoms with van der Waals surface area (Å²) in [5.41, 5.74) is 6.72. The molecule has 0 aliphatic carbocycles. The fourth-order valence-electron chi connectivity index (χ4n) is 1.46. The third-order valence-corrected chi connectivity index (χ3v) is 3.87. The van der Waals surface area contributed by atoms with Crippen molar-refractivity contribution >= 4 is 11.0 Å². The molecule has 1 rings (SSSR count). The Kier molecular flexibility index (Phi) is 5.66. The predicted molar refractivity (Wildman–Crippen MR) is 69.2 cm³/mol. The molecule has 0 aliphatic heterocycles. The molecule has 2 N–H and O–H groups in total. The van der Waals surface area contributed by atoms with Gasteiger partial charge in [-0.15, -0.1) is 0 Å². The summed E-state index contributed by atoms with van der Waals surface area (Å²) in [6.45, 7) is 5.82. The van der Waals surface area contributed by atoms with Crippen molar-refractivity contribution in [2.75, 3.05) is 13.1 Å². The quantitative estimate of drug-likeness (QED) is 0.819. The van der Waals surface area contributed by atoms with Crippen molar-refractivity contribution < 1.29 is 4.21 Å². The highest BCUT2D eigenvalue weighted by Gasteiger charge is 2.15. The van der Waals surface area contributed by atoms with E-state index in [0.717, 1.165) is 0 Å². The lowest BCUT2D eigenvalue weighted by atomic mass is 10.2. The SMILES string of the molecule is CC(C)S(=O)N(CCN)Cc1ccccc1. The van der Waals surface area contributed by atoms with E-state index in [-0.39, 0.29) is 5.25 Å². The minimum atomic E-state index is -0.957. The molecule has 0 saturated heterocycles. The minimum Gasteiger partial charge on any atom is -0.329 e. The molecule has 0 radical (unpaired) electrons. The molecule has 0 bridgehead atoms. The fourth-order valence-corrected chi connectivity index (χ4v) is 2.62. The molecule has 0 amide bonds. The van der Waals surface area contributed by atoms with Gasteiger partial charge >= 0.3 is 0 Å². The third kappa shape index (κ3) is 4.04. The second kappa shape index (κ2) is 6.78. The molecule has 0 spiro atoms. The Bertz CT molecular complexity index is 327. The molecule has 1 aromatic rings. The van der Waals surface area contributed by atoms with Crippen LogP contribution >= 0.6 is 0 Å². The van der Waals surface area contributed by atoms with Gasteiger partial charge in [0.25, 0.3) is 0 Å². The highest BCUT2D eigenvalue weighted by atomic mass is 32.2. The van der Waals surface area contributed by atoms with Gasteiger partial charge in [0.1, 0.15) is 0 Å². The first-order valence-electron chi connectivity index (χ1n) is 5.54. The van der Waals surface area contributed by atoms with E-state index >= 15 is 0 Å². The van der Waals surface area contributed by atoms with E-state index in [1.165, 1.54) is 5.56 Å². The van der Waals surface area contributed by atoms with Crippen molar-refractivity contribution in [3.63, 3.8) is 0 Å². The summed E-state index contributed by atoms with van der Waals surface area (Å²) in [6.07, 6.45) is 0. The number of nitrogens with two attached hydrogens (primary N) is 1. The van der Waals surface area contributed by atoms with Crippen LogP contribution in [0.4, 0.5) is 0 Å². The van der Waals surface area contributed by atoms with E-state index in [0.29, 0.717) is 19.6 Å². The Hall–Kier alpha value is -0.710. The van der Waals surface area contributed by atoms with Crippen molar-refractivity contribution in [1.29, 1.82) is 0 Å². The van der Waals surface area contributed by atoms with Gasteiger partial charge in [0.05, 0.1) is 11.0 Å². The highest BCUT2D eigenvalue weighted by Crippen LogP contribution is 2.09. The van der Waals surface area contributed by atoms with Gasteiger partial charge in [-0.3, -0.25) is 0 Å². The molecule has 0 aromatic heterocycles. The van der Waals surface area contributed by atoms with Gasteiger partial charge < -0.3 is 5.73 Å². The maximum absolute atomic E-state index is 12.0. The average molecular weight is 240 g/mol. The van der Waals surface area contributed by atoms with Crippen LogP contribution in [0.15, 0.2) is 30.3 Å². The van der Waals surface area contributed by atoms with Gasteiger partial charge in [0, 0.05) is 24.9 Å². The fraction of sp³-hybridized carbons (Fsp3) is 0.500. The van der Waals surface area contributed by atoms with Crippen LogP contribution < -0.4 is 5.73 Å². The Morgan fingerprint density at radius 3 is 2.44 bits per heavy atom. The van der Waals surface area contributed by atoms with Crippen LogP contribution in [0.2, 0.25) is 0 Å². The zero-order valence-electron chi connectivity index (χ0n) is 9.93. The second-order valence-electron chi connectivity index (χ2n) is 3.96. The first-order valence-corrected chi connectivity index (χ1v) is 6.71. The normalized spacial score (nSPS) is 13.3. The summed E-state index contributed by atoms with van der Waals surface area (Å²) in [6, 6.07) is 10.1. The van der Waals surface area contributed by atoms with Crippen LogP contribution in [-0.4, -0.2) is 26.9 Å². The van der Waals surface area contributed by atoms with Gasteiger partial charge in [-0.1, -0.05) is 30.3 Å². The number of hydrogen-bond acceptors (Lipinski definition) is 2. The van der Waals surface area contributed by atoms with Gasteiger partial charge in [-0.25, -0.2) is 8.51 Å². The minimum absolute atomic E-state index is 0.135. The first kappa shape index (κ1) is 13.4. The lowest BCUT2D eigenvalue weighted by molar-refractivity contribution is 0.445. The monoisotopic (exact) mass is 240 g/mol. The molecule has 90 valence electrons. The molecule has 3 nitrogen and oxygen atoms in total. The van der Waals surface area contributed by atoms with E-state index in [1.807, 2.05) is 48.5 Å². The lowest BCUT2D eigenvalue weighted by Gasteiger charge is -2.22. The molecule has 0 saturated carbocycles. The van der Waals surface area contributed by atoms with Gasteiger partial charge in [0.2, 0.25) is 0 Å². The molecule has 4 heteroatoms. The zero-order chi connectivity index (χ0) is 12.0. The smallest absolute Gasteiger partial charge is 0.0972 e. The molecule has 1 atom stereocenters. The maximum Gasteiger partial charge on any atom is 0.0972 e. The van der Waals surface area contributed by atoms with Crippen LogP contribution in [0.1, 0.15) is 19.4 Å². The van der Waals surface area contributed by atoms with E-state index in [2.05, 4.69) is 0 Å². The Labute approximate surface area is 100 Å².